The van der Waals surface area contributed by atoms with E-state index in [4.69, 9.17) is 20.9 Å². The quantitative estimate of drug-likeness (QED) is 0.117. The van der Waals surface area contributed by atoms with Crippen LogP contribution in [0.2, 0.25) is 0 Å². The van der Waals surface area contributed by atoms with Crippen LogP contribution in [0.15, 0.2) is 133 Å². The van der Waals surface area contributed by atoms with Crippen molar-refractivity contribution in [1.29, 1.82) is 0 Å². The van der Waals surface area contributed by atoms with Crippen molar-refractivity contribution >= 4 is 23.5 Å². The number of carbonyl (C=O) groups is 2. The molecule has 360 valence electrons. The van der Waals surface area contributed by atoms with Crippen molar-refractivity contribution in [2.45, 2.75) is 78.0 Å². The summed E-state index contributed by atoms with van der Waals surface area (Å²) < 4.78 is 39.8. The summed E-state index contributed by atoms with van der Waals surface area (Å²) in [5, 5.41) is 6.05. The van der Waals surface area contributed by atoms with E-state index in [0.29, 0.717) is 35.9 Å². The molecule has 0 spiro atoms. The number of fused-ring (bicyclic) bond motifs is 16. The zero-order valence-corrected chi connectivity index (χ0v) is 40.7. The lowest BCUT2D eigenvalue weighted by atomic mass is 9.77. The predicted molar refractivity (Wildman–Crippen MR) is 274 cm³/mol. The molecule has 8 aromatic rings. The van der Waals surface area contributed by atoms with E-state index in [1.54, 1.807) is 24.3 Å². The number of nitrogens with two attached hydrogens (primary N) is 2. The predicted octanol–water partition coefficient (Wildman–Crippen LogP) is 11.4. The molecule has 6 N–H and O–H groups in total. The molecular weight excluding hydrogens is 907 g/mol. The molecule has 10 nitrogen and oxygen atoms in total. The van der Waals surface area contributed by atoms with Crippen LogP contribution in [-0.4, -0.2) is 21.8 Å². The Morgan fingerprint density at radius 1 is 0.500 bits per heavy atom. The maximum atomic E-state index is 13.4. The largest absolute Gasteiger partial charge is 0.384 e. The SMILES string of the molecule is Cc1cc(N)nc(C)c1CNC(=O)c1ccc2c(c1)C1OC2(C)c2cc(-c3ccc(F)cc3)ccc21.Cc1cc(N)nc(C)c1CNC(=O)c1ccc2c(c1)C1OC2(C)c2ccc(-c3ccc(F)cc3)cc21. The first kappa shape index (κ1) is 46.3. The van der Waals surface area contributed by atoms with Crippen LogP contribution in [0, 0.1) is 39.3 Å². The first-order valence-electron chi connectivity index (χ1n) is 24.0. The standard InChI is InChI=1S/2C30H26FN3O2/c1-16-12-27(32)34-17(2)24(16)15-33-29(35)20-7-11-25-23(13-20)28-22-10-6-19(14-26(22)30(25,3)36-28)18-4-8-21(31)9-5-18;1-16-12-27(32)34-17(2)24(16)15-33-29(35)20-7-11-26-23(14-20)28-22-13-19(18-4-8-21(31)9-5-18)6-10-25(22)30(26,3)36-28/h2*4-14,28H,15H2,1-3H3,(H2,32,34)(H,33,35). The molecule has 12 rings (SSSR count). The van der Waals surface area contributed by atoms with Crippen molar-refractivity contribution in [3.8, 4) is 22.3 Å². The summed E-state index contributed by atoms with van der Waals surface area (Å²) in [4.78, 5) is 34.7. The third-order valence-electron chi connectivity index (χ3n) is 15.0. The highest BCUT2D eigenvalue weighted by atomic mass is 19.1. The van der Waals surface area contributed by atoms with Gasteiger partial charge in [-0.25, -0.2) is 18.7 Å². The number of benzene rings is 6. The van der Waals surface area contributed by atoms with Crippen LogP contribution >= 0.6 is 0 Å². The van der Waals surface area contributed by atoms with Crippen LogP contribution in [0.5, 0.6) is 0 Å². The number of pyridine rings is 2. The van der Waals surface area contributed by atoms with E-state index < -0.39 is 11.2 Å². The van der Waals surface area contributed by atoms with E-state index in [1.165, 1.54) is 24.3 Å². The summed E-state index contributed by atoms with van der Waals surface area (Å²) in [6, 6.07) is 40.8. The third kappa shape index (κ3) is 7.78. The second kappa shape index (κ2) is 17.4. The molecule has 4 bridgehead atoms. The van der Waals surface area contributed by atoms with Crippen LogP contribution in [0.3, 0.4) is 0 Å². The number of hydrogen-bond donors (Lipinski definition) is 4. The summed E-state index contributed by atoms with van der Waals surface area (Å²) in [5.74, 6) is 0.151. The number of nitrogens with zero attached hydrogens (tertiary/aromatic N) is 2. The highest BCUT2D eigenvalue weighted by Gasteiger charge is 2.53. The fourth-order valence-electron chi connectivity index (χ4n) is 11.2. The number of aryl methyl sites for hydroxylation is 4. The summed E-state index contributed by atoms with van der Waals surface area (Å²) in [5.41, 5.74) is 29.8. The zero-order chi connectivity index (χ0) is 50.4. The average molecular weight is 959 g/mol. The van der Waals surface area contributed by atoms with Crippen LogP contribution in [0.1, 0.15) is 125 Å². The van der Waals surface area contributed by atoms with Crippen LogP contribution in [0.25, 0.3) is 22.3 Å². The Labute approximate surface area is 416 Å². The number of aromatic nitrogens is 2. The highest BCUT2D eigenvalue weighted by molar-refractivity contribution is 5.95. The summed E-state index contributed by atoms with van der Waals surface area (Å²) >= 11 is 0. The number of carbonyl (C=O) groups excluding carboxylic acids is 2. The van der Waals surface area contributed by atoms with E-state index in [-0.39, 0.29) is 35.7 Å². The lowest BCUT2D eigenvalue weighted by Gasteiger charge is -2.25. The van der Waals surface area contributed by atoms with Gasteiger partial charge >= 0.3 is 0 Å². The smallest absolute Gasteiger partial charge is 0.251 e. The van der Waals surface area contributed by atoms with Crippen molar-refractivity contribution in [1.82, 2.24) is 20.6 Å². The number of hydrogen-bond acceptors (Lipinski definition) is 8. The van der Waals surface area contributed by atoms with E-state index >= 15 is 0 Å². The molecule has 2 aromatic heterocycles. The van der Waals surface area contributed by atoms with Gasteiger partial charge in [-0.05, 0) is 203 Å². The number of ether oxygens (including phenoxy) is 2. The molecule has 0 saturated carbocycles. The lowest BCUT2D eigenvalue weighted by Crippen LogP contribution is -2.25. The molecule has 72 heavy (non-hydrogen) atoms. The maximum Gasteiger partial charge on any atom is 0.251 e. The molecule has 4 unspecified atom stereocenters. The van der Waals surface area contributed by atoms with Crippen LogP contribution in [0.4, 0.5) is 20.4 Å². The van der Waals surface area contributed by atoms with Crippen molar-refractivity contribution in [2.24, 2.45) is 0 Å². The van der Waals surface area contributed by atoms with Gasteiger partial charge in [0.15, 0.2) is 0 Å². The average Bonchev–Trinajstić information content (AvgIpc) is 4.04. The monoisotopic (exact) mass is 958 g/mol. The molecule has 0 saturated heterocycles. The third-order valence-corrected chi connectivity index (χ3v) is 15.0. The number of nitrogen functional groups attached to an aromatic ring is 2. The fraction of sp³-hybridized carbons (Fsp3) is 0.200. The molecule has 4 atom stereocenters. The number of anilines is 2. The van der Waals surface area contributed by atoms with Gasteiger partial charge in [0.2, 0.25) is 0 Å². The van der Waals surface area contributed by atoms with Gasteiger partial charge in [-0.3, -0.25) is 9.59 Å². The normalized spacial score (nSPS) is 19.2. The van der Waals surface area contributed by atoms with Gasteiger partial charge in [-0.1, -0.05) is 60.7 Å². The zero-order valence-electron chi connectivity index (χ0n) is 40.7. The molecule has 0 fully saturated rings. The Kier molecular flexibility index (Phi) is 11.2. The van der Waals surface area contributed by atoms with Gasteiger partial charge in [-0.2, -0.15) is 0 Å². The van der Waals surface area contributed by atoms with E-state index in [1.807, 2.05) is 82.3 Å². The lowest BCUT2D eigenvalue weighted by molar-refractivity contribution is 0.00882. The van der Waals surface area contributed by atoms with Crippen LogP contribution < -0.4 is 22.1 Å². The Balaban J connectivity index is 0.000000156. The van der Waals surface area contributed by atoms with Gasteiger partial charge in [0.25, 0.3) is 11.8 Å². The van der Waals surface area contributed by atoms with Gasteiger partial charge < -0.3 is 31.6 Å². The first-order chi connectivity index (χ1) is 34.5. The van der Waals surface area contributed by atoms with E-state index in [9.17, 15) is 18.4 Å². The topological polar surface area (TPSA) is 154 Å². The Morgan fingerprint density at radius 3 is 1.36 bits per heavy atom. The van der Waals surface area contributed by atoms with Gasteiger partial charge in [-0.15, -0.1) is 0 Å². The maximum absolute atomic E-state index is 13.4. The van der Waals surface area contributed by atoms with Gasteiger partial charge in [0.1, 0.15) is 46.7 Å². The van der Waals surface area contributed by atoms with Crippen LogP contribution in [-0.2, 0) is 33.8 Å². The van der Waals surface area contributed by atoms with Gasteiger partial charge in [0.05, 0.1) is 0 Å². The van der Waals surface area contributed by atoms with Crippen molar-refractivity contribution < 1.29 is 27.8 Å². The molecule has 6 heterocycles. The number of nitrogens with one attached hydrogen (secondary N) is 2. The molecular formula is C60H52F2N6O4. The minimum absolute atomic E-state index is 0.145. The second-order valence-corrected chi connectivity index (χ2v) is 19.5. The Hall–Kier alpha value is -8.06. The second-order valence-electron chi connectivity index (χ2n) is 19.5. The number of halogens is 2. The number of rotatable bonds is 8. The number of amides is 2. The fourth-order valence-corrected chi connectivity index (χ4v) is 11.2. The molecule has 12 heteroatoms. The Bertz CT molecular complexity index is 3520. The van der Waals surface area contributed by atoms with Gasteiger partial charge in [0, 0.05) is 35.6 Å². The van der Waals surface area contributed by atoms with E-state index in [0.717, 1.165) is 100 Å². The Morgan fingerprint density at radius 2 is 0.889 bits per heavy atom. The summed E-state index contributed by atoms with van der Waals surface area (Å²) in [7, 11) is 0. The molecule has 4 aliphatic heterocycles. The summed E-state index contributed by atoms with van der Waals surface area (Å²) in [6.45, 7) is 12.6. The molecule has 0 radical (unpaired) electrons. The summed E-state index contributed by atoms with van der Waals surface area (Å²) in [6.07, 6.45) is -0.472. The first-order valence-corrected chi connectivity index (χ1v) is 24.0. The minimum Gasteiger partial charge on any atom is -0.384 e. The van der Waals surface area contributed by atoms with Crippen molar-refractivity contribution in [2.75, 3.05) is 11.5 Å². The molecule has 2 amide bonds. The molecule has 6 aromatic carbocycles. The van der Waals surface area contributed by atoms with Crippen molar-refractivity contribution in [3.63, 3.8) is 0 Å². The minimum atomic E-state index is -0.593. The van der Waals surface area contributed by atoms with Crippen molar-refractivity contribution in [3.05, 3.63) is 234 Å². The van der Waals surface area contributed by atoms with E-state index in [2.05, 4.69) is 64.8 Å². The molecule has 0 aliphatic carbocycles. The molecule has 4 aliphatic rings. The highest BCUT2D eigenvalue weighted by Crippen LogP contribution is 2.59.